The van der Waals surface area contributed by atoms with Crippen LogP contribution in [0.4, 0.5) is 10.2 Å². The zero-order valence-electron chi connectivity index (χ0n) is 17.6. The van der Waals surface area contributed by atoms with Crippen molar-refractivity contribution in [3.8, 4) is 0 Å². The van der Waals surface area contributed by atoms with Gasteiger partial charge in [0.05, 0.1) is 13.2 Å². The number of benzene rings is 1. The van der Waals surface area contributed by atoms with Crippen molar-refractivity contribution >= 4 is 5.82 Å². The van der Waals surface area contributed by atoms with E-state index in [1.807, 2.05) is 0 Å². The molecule has 5 atom stereocenters. The minimum atomic E-state index is -3.19. The predicted octanol–water partition coefficient (Wildman–Crippen LogP) is -1.03. The molecule has 1 aliphatic rings. The number of hydrogen-bond acceptors (Lipinski definition) is 10. The molecule has 1 unspecified atom stereocenters. The van der Waals surface area contributed by atoms with Gasteiger partial charge in [-0.3, -0.25) is 0 Å². The summed E-state index contributed by atoms with van der Waals surface area (Å²) in [5.41, 5.74) is 3.05. The Kier molecular flexibility index (Phi) is 6.67. The van der Waals surface area contributed by atoms with Crippen LogP contribution in [0.25, 0.3) is 0 Å². The maximum atomic E-state index is 13.6. The maximum Gasteiger partial charge on any atom is 0.353 e. The van der Waals surface area contributed by atoms with Gasteiger partial charge in [0.25, 0.3) is 0 Å². The third kappa shape index (κ3) is 3.90. The van der Waals surface area contributed by atoms with Gasteiger partial charge in [-0.25, -0.2) is 18.7 Å². The molecule has 3 rings (SSSR count). The van der Waals surface area contributed by atoms with Crippen LogP contribution >= 0.6 is 0 Å². The van der Waals surface area contributed by atoms with Crippen LogP contribution in [0.15, 0.2) is 35.3 Å². The maximum absolute atomic E-state index is 13.6. The van der Waals surface area contributed by atoms with Crippen molar-refractivity contribution < 1.29 is 34.8 Å². The lowest BCUT2D eigenvalue weighted by Crippen LogP contribution is -2.68. The van der Waals surface area contributed by atoms with Gasteiger partial charge in [0.2, 0.25) is 5.72 Å². The van der Waals surface area contributed by atoms with Gasteiger partial charge in [0.1, 0.15) is 24.2 Å². The van der Waals surface area contributed by atoms with E-state index in [2.05, 4.69) is 4.98 Å². The fourth-order valence-corrected chi connectivity index (χ4v) is 3.85. The van der Waals surface area contributed by atoms with Crippen LogP contribution in [0.3, 0.4) is 0 Å². The van der Waals surface area contributed by atoms with E-state index >= 15 is 0 Å². The van der Waals surface area contributed by atoms with Crippen LogP contribution in [0, 0.1) is 6.92 Å². The molecule has 1 saturated heterocycles. The number of hydrogen-bond donors (Lipinski definition) is 6. The van der Waals surface area contributed by atoms with Crippen LogP contribution in [0.2, 0.25) is 0 Å². The monoisotopic (exact) mass is 454 g/mol. The van der Waals surface area contributed by atoms with Gasteiger partial charge in [-0.15, -0.1) is 5.06 Å². The molecular weight excluding hydrogens is 427 g/mol. The number of aliphatic hydroxyl groups excluding tert-OH is 2. The number of nitrogen functional groups attached to an aromatic ring is 1. The molecule has 1 aromatic heterocycles. The van der Waals surface area contributed by atoms with Gasteiger partial charge in [0, 0.05) is 18.2 Å². The minimum Gasteiger partial charge on any atom is -0.394 e. The standard InChI is InChI=1S/C20H27FN4O7/c1-11-4-3-5-13(6-11)9-24(31)19(29)16(27)15(10-26)32-20(19,30)25-17(22)14(7-12(2)21)8-23-18(25)28/h3-6,8,12,15-16,26-27,29-31H,7,9-10,22H2,1-2H3/t12?,15-,16-,19-,20-/m1/s1. The first-order valence-electron chi connectivity index (χ1n) is 9.90. The quantitative estimate of drug-likeness (QED) is 0.224. The lowest BCUT2D eigenvalue weighted by molar-refractivity contribution is -0.413. The highest BCUT2D eigenvalue weighted by Gasteiger charge is 2.70. The highest BCUT2D eigenvalue weighted by Crippen LogP contribution is 2.44. The Morgan fingerprint density at radius 2 is 2.09 bits per heavy atom. The van der Waals surface area contributed by atoms with E-state index in [0.717, 1.165) is 11.8 Å². The van der Waals surface area contributed by atoms with Crippen molar-refractivity contribution in [3.05, 3.63) is 57.6 Å². The van der Waals surface area contributed by atoms with Gasteiger partial charge >= 0.3 is 11.6 Å². The number of aromatic nitrogens is 2. The molecular formula is C20H27FN4O7. The molecule has 7 N–H and O–H groups in total. The third-order valence-corrected chi connectivity index (χ3v) is 5.44. The molecule has 0 spiro atoms. The molecule has 12 heteroatoms. The Labute approximate surface area is 182 Å². The Morgan fingerprint density at radius 3 is 2.69 bits per heavy atom. The largest absolute Gasteiger partial charge is 0.394 e. The van der Waals surface area contributed by atoms with Crippen molar-refractivity contribution in [3.63, 3.8) is 0 Å². The fourth-order valence-electron chi connectivity index (χ4n) is 3.85. The normalized spacial score (nSPS) is 28.9. The molecule has 2 heterocycles. The molecule has 2 aromatic rings. The molecule has 1 fully saturated rings. The van der Waals surface area contributed by atoms with E-state index in [9.17, 15) is 34.8 Å². The van der Waals surface area contributed by atoms with E-state index < -0.39 is 54.7 Å². The molecule has 0 radical (unpaired) electrons. The molecule has 11 nitrogen and oxygen atoms in total. The minimum absolute atomic E-state index is 0.0177. The van der Waals surface area contributed by atoms with Gasteiger partial charge in [-0.05, 0) is 19.4 Å². The lowest BCUT2D eigenvalue weighted by atomic mass is 9.99. The number of aliphatic hydroxyl groups is 4. The Balaban J connectivity index is 2.15. The number of nitrogens with zero attached hydrogens (tertiary/aromatic N) is 3. The summed E-state index contributed by atoms with van der Waals surface area (Å²) in [5.74, 6) is -3.69. The van der Waals surface area contributed by atoms with Gasteiger partial charge in [-0.1, -0.05) is 29.8 Å². The van der Waals surface area contributed by atoms with Crippen LogP contribution in [0.5, 0.6) is 0 Å². The fraction of sp³-hybridized carbons (Fsp3) is 0.500. The van der Waals surface area contributed by atoms with E-state index in [1.54, 1.807) is 31.2 Å². The number of alkyl halides is 1. The molecule has 0 amide bonds. The summed E-state index contributed by atoms with van der Waals surface area (Å²) < 4.78 is 19.2. The Morgan fingerprint density at radius 1 is 1.41 bits per heavy atom. The molecule has 32 heavy (non-hydrogen) atoms. The third-order valence-electron chi connectivity index (χ3n) is 5.44. The number of ether oxygens (including phenoxy) is 1. The summed E-state index contributed by atoms with van der Waals surface area (Å²) in [5, 5.41) is 54.0. The smallest absolute Gasteiger partial charge is 0.353 e. The molecule has 176 valence electrons. The summed E-state index contributed by atoms with van der Waals surface area (Å²) in [6.07, 6.45) is -4.35. The average molecular weight is 454 g/mol. The van der Waals surface area contributed by atoms with Crippen LogP contribution in [-0.4, -0.2) is 71.0 Å². The van der Waals surface area contributed by atoms with Gasteiger partial charge < -0.3 is 36.1 Å². The van der Waals surface area contributed by atoms with E-state index in [0.29, 0.717) is 10.1 Å². The van der Waals surface area contributed by atoms with Crippen molar-refractivity contribution in [1.29, 1.82) is 0 Å². The second kappa shape index (κ2) is 8.83. The molecule has 1 aliphatic heterocycles. The van der Waals surface area contributed by atoms with Crippen molar-refractivity contribution in [2.75, 3.05) is 12.3 Å². The number of nitrogens with two attached hydrogens (primary N) is 1. The summed E-state index contributed by atoms with van der Waals surface area (Å²) in [4.78, 5) is 16.1. The van der Waals surface area contributed by atoms with Crippen molar-refractivity contribution in [2.24, 2.45) is 0 Å². The van der Waals surface area contributed by atoms with E-state index in [-0.39, 0.29) is 17.0 Å². The second-order valence-corrected chi connectivity index (χ2v) is 7.94. The summed E-state index contributed by atoms with van der Waals surface area (Å²) in [7, 11) is 0. The van der Waals surface area contributed by atoms with Crippen LogP contribution in [0.1, 0.15) is 23.6 Å². The van der Waals surface area contributed by atoms with Crippen LogP contribution in [-0.2, 0) is 23.6 Å². The highest BCUT2D eigenvalue weighted by molar-refractivity contribution is 5.40. The first kappa shape index (κ1) is 24.2. The first-order chi connectivity index (χ1) is 15.0. The summed E-state index contributed by atoms with van der Waals surface area (Å²) in [6.45, 7) is 1.75. The first-order valence-corrected chi connectivity index (χ1v) is 9.90. The molecule has 0 saturated carbocycles. The van der Waals surface area contributed by atoms with E-state index in [4.69, 9.17) is 10.5 Å². The predicted molar refractivity (Wildman–Crippen MR) is 109 cm³/mol. The molecule has 0 aliphatic carbocycles. The number of aryl methyl sites for hydroxylation is 1. The number of halogens is 1. The zero-order chi connectivity index (χ0) is 23.8. The molecule has 1 aromatic carbocycles. The van der Waals surface area contributed by atoms with Crippen molar-refractivity contribution in [2.45, 2.75) is 56.8 Å². The average Bonchev–Trinajstić information content (AvgIpc) is 2.92. The number of hydroxylamine groups is 2. The van der Waals surface area contributed by atoms with E-state index in [1.165, 1.54) is 6.92 Å². The van der Waals surface area contributed by atoms with Crippen LogP contribution < -0.4 is 11.4 Å². The van der Waals surface area contributed by atoms with Gasteiger partial charge in [-0.2, -0.15) is 0 Å². The summed E-state index contributed by atoms with van der Waals surface area (Å²) in [6, 6.07) is 6.80. The zero-order valence-corrected chi connectivity index (χ0v) is 17.6. The topological polar surface area (TPSA) is 175 Å². The number of anilines is 1. The Bertz CT molecular complexity index is 1040. The second-order valence-electron chi connectivity index (χ2n) is 7.94. The van der Waals surface area contributed by atoms with Crippen molar-refractivity contribution in [1.82, 2.24) is 14.6 Å². The number of rotatable bonds is 7. The molecule has 0 bridgehead atoms. The lowest BCUT2D eigenvalue weighted by Gasteiger charge is -2.42. The summed E-state index contributed by atoms with van der Waals surface area (Å²) >= 11 is 0. The highest BCUT2D eigenvalue weighted by atomic mass is 19.1. The SMILES string of the molecule is Cc1cccc(CN(O)[C@@]2(O)[C@H](O)[C@@H](CO)O[C@@]2(O)n2c(N)c(CC(C)F)cnc2=O)c1. The Hall–Kier alpha value is -2.45. The van der Waals surface area contributed by atoms with Gasteiger partial charge in [0.15, 0.2) is 0 Å².